The van der Waals surface area contributed by atoms with E-state index >= 15 is 0 Å². The quantitative estimate of drug-likeness (QED) is 0.713. The Morgan fingerprint density at radius 3 is 2.72 bits per heavy atom. The lowest BCUT2D eigenvalue weighted by molar-refractivity contribution is -0.117. The van der Waals surface area contributed by atoms with Crippen LogP contribution in [-0.2, 0) is 17.6 Å². The van der Waals surface area contributed by atoms with Gasteiger partial charge in [0, 0.05) is 6.08 Å². The van der Waals surface area contributed by atoms with Crippen LogP contribution in [-0.4, -0.2) is 19.6 Å². The highest BCUT2D eigenvalue weighted by Gasteiger charge is 2.13. The van der Waals surface area contributed by atoms with Gasteiger partial charge in [-0.2, -0.15) is 5.26 Å². The van der Waals surface area contributed by atoms with Crippen molar-refractivity contribution < 1.29 is 14.3 Å². The highest BCUT2D eigenvalue weighted by Crippen LogP contribution is 2.28. The number of nitriles is 1. The minimum absolute atomic E-state index is 0.0471. The minimum atomic E-state index is -0.154. The molecule has 150 valence electrons. The van der Waals surface area contributed by atoms with Crippen LogP contribution in [0, 0.1) is 11.3 Å². The largest absolute Gasteiger partial charge is 0.493 e. The van der Waals surface area contributed by atoms with Gasteiger partial charge in [0.2, 0.25) is 5.91 Å². The number of nitrogens with zero attached hydrogens (tertiary/aromatic N) is 1. The number of carbonyl (C=O) groups excluding carboxylic acids is 1. The van der Waals surface area contributed by atoms with Gasteiger partial charge in [-0.25, -0.2) is 0 Å². The standard InChI is InChI=1S/C24H26N2O3/c1-17(20-10-9-19-5-3-4-6-21(19)16-20)26-24(27)12-8-18-7-11-22(29-14-13-25)23(15-18)28-2/h7-12,15-17H,3-6,14H2,1-2H3,(H,26,27)/b12-8+. The minimum Gasteiger partial charge on any atom is -0.493 e. The number of nitrogens with one attached hydrogen (secondary N) is 1. The third kappa shape index (κ3) is 5.39. The normalized spacial score (nSPS) is 14.0. The van der Waals surface area contributed by atoms with Crippen LogP contribution in [0.15, 0.2) is 42.5 Å². The molecule has 0 aromatic heterocycles. The van der Waals surface area contributed by atoms with Crippen LogP contribution in [0.1, 0.15) is 48.1 Å². The summed E-state index contributed by atoms with van der Waals surface area (Å²) >= 11 is 0. The number of benzene rings is 2. The van der Waals surface area contributed by atoms with Crippen molar-refractivity contribution in [2.75, 3.05) is 13.7 Å². The second kappa shape index (κ2) is 9.79. The summed E-state index contributed by atoms with van der Waals surface area (Å²) in [6.45, 7) is 1.95. The molecule has 2 aromatic rings. The van der Waals surface area contributed by atoms with Gasteiger partial charge in [-0.15, -0.1) is 0 Å². The summed E-state index contributed by atoms with van der Waals surface area (Å²) in [6, 6.07) is 13.7. The fourth-order valence-corrected chi connectivity index (χ4v) is 3.56. The molecule has 1 aliphatic carbocycles. The van der Waals surface area contributed by atoms with Gasteiger partial charge in [0.1, 0.15) is 6.07 Å². The molecular weight excluding hydrogens is 364 g/mol. The Morgan fingerprint density at radius 1 is 1.17 bits per heavy atom. The Morgan fingerprint density at radius 2 is 1.97 bits per heavy atom. The summed E-state index contributed by atoms with van der Waals surface area (Å²) < 4.78 is 10.6. The van der Waals surface area contributed by atoms with Crippen molar-refractivity contribution in [2.45, 2.75) is 38.6 Å². The summed E-state index contributed by atoms with van der Waals surface area (Å²) in [7, 11) is 1.54. The first-order chi connectivity index (χ1) is 14.1. The molecule has 0 radical (unpaired) electrons. The van der Waals surface area contributed by atoms with Crippen LogP contribution < -0.4 is 14.8 Å². The van der Waals surface area contributed by atoms with Crippen LogP contribution in [0.2, 0.25) is 0 Å². The van der Waals surface area contributed by atoms with Crippen molar-refractivity contribution in [2.24, 2.45) is 0 Å². The van der Waals surface area contributed by atoms with Crippen LogP contribution in [0.5, 0.6) is 11.5 Å². The van der Waals surface area contributed by atoms with E-state index in [-0.39, 0.29) is 18.6 Å². The molecule has 3 rings (SSSR count). The number of methoxy groups -OCH3 is 1. The highest BCUT2D eigenvalue weighted by atomic mass is 16.5. The Balaban J connectivity index is 1.62. The van der Waals surface area contributed by atoms with Gasteiger partial charge in [0.25, 0.3) is 0 Å². The van der Waals surface area contributed by atoms with Crippen molar-refractivity contribution in [3.8, 4) is 17.6 Å². The maximum atomic E-state index is 12.4. The predicted octanol–water partition coefficient (Wildman–Crippen LogP) is 4.37. The van der Waals surface area contributed by atoms with Gasteiger partial charge >= 0.3 is 0 Å². The molecule has 0 spiro atoms. The summed E-state index contributed by atoms with van der Waals surface area (Å²) in [5.74, 6) is 0.862. The molecule has 0 saturated carbocycles. The average molecular weight is 390 g/mol. The van der Waals surface area contributed by atoms with Crippen LogP contribution >= 0.6 is 0 Å². The predicted molar refractivity (Wildman–Crippen MR) is 113 cm³/mol. The van der Waals surface area contributed by atoms with E-state index < -0.39 is 0 Å². The molecule has 1 atom stereocenters. The van der Waals surface area contributed by atoms with E-state index in [9.17, 15) is 4.79 Å². The monoisotopic (exact) mass is 390 g/mol. The van der Waals surface area contributed by atoms with Crippen molar-refractivity contribution in [3.63, 3.8) is 0 Å². The van der Waals surface area contributed by atoms with Gasteiger partial charge in [0.15, 0.2) is 18.1 Å². The number of hydrogen-bond donors (Lipinski definition) is 1. The molecule has 29 heavy (non-hydrogen) atoms. The molecule has 1 unspecified atom stereocenters. The first kappa shape index (κ1) is 20.5. The molecular formula is C24H26N2O3. The maximum Gasteiger partial charge on any atom is 0.244 e. The SMILES string of the molecule is COc1cc(/C=C/C(=O)NC(C)c2ccc3c(c2)CCCC3)ccc1OCC#N. The Kier molecular flexibility index (Phi) is 6.91. The lowest BCUT2D eigenvalue weighted by Crippen LogP contribution is -2.24. The van der Waals surface area contributed by atoms with Gasteiger partial charge in [-0.1, -0.05) is 24.3 Å². The van der Waals surface area contributed by atoms with E-state index in [1.54, 1.807) is 18.2 Å². The number of ether oxygens (including phenoxy) is 2. The number of hydrogen-bond acceptors (Lipinski definition) is 4. The Bertz CT molecular complexity index is 944. The summed E-state index contributed by atoms with van der Waals surface area (Å²) in [4.78, 5) is 12.4. The van der Waals surface area contributed by atoms with E-state index in [4.69, 9.17) is 14.7 Å². The number of aryl methyl sites for hydroxylation is 2. The van der Waals surface area contributed by atoms with E-state index in [1.807, 2.05) is 19.1 Å². The second-order valence-corrected chi connectivity index (χ2v) is 7.16. The third-order valence-corrected chi connectivity index (χ3v) is 5.14. The highest BCUT2D eigenvalue weighted by molar-refractivity contribution is 5.92. The molecule has 0 heterocycles. The molecule has 0 saturated heterocycles. The lowest BCUT2D eigenvalue weighted by Gasteiger charge is -2.19. The lowest BCUT2D eigenvalue weighted by atomic mass is 9.89. The zero-order valence-corrected chi connectivity index (χ0v) is 16.9. The van der Waals surface area contributed by atoms with Gasteiger partial charge < -0.3 is 14.8 Å². The van der Waals surface area contributed by atoms with Gasteiger partial charge in [-0.05, 0) is 73.1 Å². The first-order valence-corrected chi connectivity index (χ1v) is 9.89. The molecule has 5 nitrogen and oxygen atoms in total. The Labute approximate surface area is 172 Å². The van der Waals surface area contributed by atoms with E-state index in [0.29, 0.717) is 11.5 Å². The number of amides is 1. The zero-order valence-electron chi connectivity index (χ0n) is 16.9. The second-order valence-electron chi connectivity index (χ2n) is 7.16. The summed E-state index contributed by atoms with van der Waals surface area (Å²) in [5.41, 5.74) is 4.79. The maximum absolute atomic E-state index is 12.4. The van der Waals surface area contributed by atoms with E-state index in [2.05, 4.69) is 23.5 Å². The summed E-state index contributed by atoms with van der Waals surface area (Å²) in [6.07, 6.45) is 8.02. The third-order valence-electron chi connectivity index (χ3n) is 5.14. The van der Waals surface area contributed by atoms with E-state index in [1.165, 1.54) is 37.2 Å². The number of carbonyl (C=O) groups is 1. The molecule has 1 amide bonds. The molecule has 0 bridgehead atoms. The fourth-order valence-electron chi connectivity index (χ4n) is 3.56. The molecule has 1 aliphatic rings. The van der Waals surface area contributed by atoms with Gasteiger partial charge in [0.05, 0.1) is 13.2 Å². The smallest absolute Gasteiger partial charge is 0.244 e. The fraction of sp³-hybridized carbons (Fsp3) is 0.333. The molecule has 0 aliphatic heterocycles. The molecule has 2 aromatic carbocycles. The average Bonchev–Trinajstić information content (AvgIpc) is 2.76. The first-order valence-electron chi connectivity index (χ1n) is 9.89. The van der Waals surface area contributed by atoms with Crippen LogP contribution in [0.25, 0.3) is 6.08 Å². The van der Waals surface area contributed by atoms with Crippen molar-refractivity contribution in [1.29, 1.82) is 5.26 Å². The molecule has 5 heteroatoms. The van der Waals surface area contributed by atoms with Gasteiger partial charge in [-0.3, -0.25) is 4.79 Å². The summed E-state index contributed by atoms with van der Waals surface area (Å²) in [5, 5.41) is 11.7. The van der Waals surface area contributed by atoms with Crippen molar-refractivity contribution >= 4 is 12.0 Å². The number of fused-ring (bicyclic) bond motifs is 1. The van der Waals surface area contributed by atoms with Crippen LogP contribution in [0.3, 0.4) is 0 Å². The zero-order chi connectivity index (χ0) is 20.6. The molecule has 1 N–H and O–H groups in total. The van der Waals surface area contributed by atoms with E-state index in [0.717, 1.165) is 24.0 Å². The van der Waals surface area contributed by atoms with Crippen molar-refractivity contribution in [3.05, 3.63) is 64.7 Å². The topological polar surface area (TPSA) is 71.3 Å². The Hall–Kier alpha value is -3.26. The molecule has 0 fully saturated rings. The number of rotatable bonds is 7. The van der Waals surface area contributed by atoms with Crippen molar-refractivity contribution in [1.82, 2.24) is 5.32 Å². The van der Waals surface area contributed by atoms with Crippen LogP contribution in [0.4, 0.5) is 0 Å².